The molecule has 0 spiro atoms. The number of hydrogen-bond acceptors (Lipinski definition) is 3. The van der Waals surface area contributed by atoms with E-state index < -0.39 is 0 Å². The quantitative estimate of drug-likeness (QED) is 0.480. The minimum atomic E-state index is -0.338. The van der Waals surface area contributed by atoms with E-state index in [4.69, 9.17) is 0 Å². The van der Waals surface area contributed by atoms with Crippen molar-refractivity contribution in [2.75, 3.05) is 7.11 Å². The Morgan fingerprint density at radius 3 is 2.64 bits per heavy atom. The maximum absolute atomic E-state index is 10.7. The number of ether oxygens (including phenoxy) is 1. The van der Waals surface area contributed by atoms with Crippen LogP contribution in [-0.2, 0) is 9.53 Å². The smallest absolute Gasteiger partial charge is 0.330 e. The molecule has 0 unspecified atom stereocenters. The van der Waals surface area contributed by atoms with Crippen molar-refractivity contribution in [1.82, 2.24) is 0 Å². The number of thioether (sulfide) groups is 1. The summed E-state index contributed by atoms with van der Waals surface area (Å²) >= 11 is 4.82. The second-order valence-electron chi connectivity index (χ2n) is 2.40. The second kappa shape index (κ2) is 5.88. The van der Waals surface area contributed by atoms with Gasteiger partial charge in [-0.25, -0.2) is 4.79 Å². The van der Waals surface area contributed by atoms with E-state index in [9.17, 15) is 4.79 Å². The maximum atomic E-state index is 10.7. The Labute approximate surface area is 95.5 Å². The fraction of sp³-hybridized carbons (Fsp3) is 0.100. The van der Waals surface area contributed by atoms with Crippen molar-refractivity contribution in [1.29, 1.82) is 0 Å². The van der Waals surface area contributed by atoms with Crippen LogP contribution in [0.5, 0.6) is 0 Å². The van der Waals surface area contributed by atoms with Gasteiger partial charge in [0.1, 0.15) is 0 Å². The van der Waals surface area contributed by atoms with Crippen LogP contribution in [0.15, 0.2) is 45.1 Å². The van der Waals surface area contributed by atoms with Gasteiger partial charge in [-0.15, -0.1) is 0 Å². The van der Waals surface area contributed by atoms with E-state index in [2.05, 4.69) is 20.7 Å². The molecule has 0 amide bonds. The molecule has 0 heterocycles. The van der Waals surface area contributed by atoms with E-state index in [1.54, 1.807) is 5.41 Å². The predicted molar refractivity (Wildman–Crippen MR) is 61.2 cm³/mol. The van der Waals surface area contributed by atoms with Crippen LogP contribution in [-0.4, -0.2) is 13.1 Å². The topological polar surface area (TPSA) is 26.3 Å². The monoisotopic (exact) mass is 272 g/mol. The van der Waals surface area contributed by atoms with Gasteiger partial charge in [-0.1, -0.05) is 27.7 Å². The Morgan fingerprint density at radius 2 is 2.07 bits per heavy atom. The molecule has 0 saturated carbocycles. The van der Waals surface area contributed by atoms with Gasteiger partial charge in [0.25, 0.3) is 0 Å². The molecule has 1 aromatic carbocycles. The molecule has 4 heteroatoms. The van der Waals surface area contributed by atoms with Crippen LogP contribution < -0.4 is 0 Å². The molecule has 0 N–H and O–H groups in total. The molecule has 0 bridgehead atoms. The minimum Gasteiger partial charge on any atom is -0.466 e. The first-order valence-electron chi connectivity index (χ1n) is 3.89. The van der Waals surface area contributed by atoms with Crippen molar-refractivity contribution < 1.29 is 9.53 Å². The van der Waals surface area contributed by atoms with Gasteiger partial charge in [-0.2, -0.15) is 0 Å². The van der Waals surface area contributed by atoms with Crippen molar-refractivity contribution in [2.45, 2.75) is 4.90 Å². The first kappa shape index (κ1) is 11.3. The number of carbonyl (C=O) groups excluding carboxylic acids is 1. The number of rotatable bonds is 3. The summed E-state index contributed by atoms with van der Waals surface area (Å²) in [5.41, 5.74) is 0. The van der Waals surface area contributed by atoms with E-state index in [1.807, 2.05) is 24.3 Å². The summed E-state index contributed by atoms with van der Waals surface area (Å²) in [7, 11) is 1.36. The van der Waals surface area contributed by atoms with Crippen LogP contribution >= 0.6 is 27.7 Å². The molecule has 0 aliphatic heterocycles. The lowest BCUT2D eigenvalue weighted by Crippen LogP contribution is -1.92. The summed E-state index contributed by atoms with van der Waals surface area (Å²) in [5, 5.41) is 1.70. The highest BCUT2D eigenvalue weighted by molar-refractivity contribution is 9.10. The average Bonchev–Trinajstić information content (AvgIpc) is 2.21. The van der Waals surface area contributed by atoms with E-state index in [1.165, 1.54) is 24.9 Å². The predicted octanol–water partition coefficient (Wildman–Crippen LogP) is 3.23. The largest absolute Gasteiger partial charge is 0.466 e. The van der Waals surface area contributed by atoms with Crippen molar-refractivity contribution in [3.8, 4) is 0 Å². The summed E-state index contributed by atoms with van der Waals surface area (Å²) in [6.07, 6.45) is 1.40. The Bertz CT molecular complexity index is 332. The molecule has 0 saturated heterocycles. The van der Waals surface area contributed by atoms with Crippen LogP contribution in [0.4, 0.5) is 0 Å². The molecule has 0 aliphatic carbocycles. The fourth-order valence-electron chi connectivity index (χ4n) is 0.749. The SMILES string of the molecule is COC(=O)C=CSc1ccc(Br)cc1. The molecule has 1 aromatic rings. The number of methoxy groups -OCH3 is 1. The van der Waals surface area contributed by atoms with Gasteiger partial charge >= 0.3 is 5.97 Å². The highest BCUT2D eigenvalue weighted by Crippen LogP contribution is 2.21. The van der Waals surface area contributed by atoms with Gasteiger partial charge in [0.05, 0.1) is 7.11 Å². The molecular weight excluding hydrogens is 264 g/mol. The molecule has 14 heavy (non-hydrogen) atoms. The first-order valence-corrected chi connectivity index (χ1v) is 5.56. The zero-order valence-corrected chi connectivity index (χ0v) is 9.97. The fourth-order valence-corrected chi connectivity index (χ4v) is 1.64. The summed E-state index contributed by atoms with van der Waals surface area (Å²) in [6.45, 7) is 0. The van der Waals surface area contributed by atoms with Crippen LogP contribution in [0.3, 0.4) is 0 Å². The minimum absolute atomic E-state index is 0.338. The Balaban J connectivity index is 2.49. The van der Waals surface area contributed by atoms with Gasteiger partial charge in [0.2, 0.25) is 0 Å². The van der Waals surface area contributed by atoms with E-state index in [0.717, 1.165) is 9.37 Å². The van der Waals surface area contributed by atoms with Gasteiger partial charge in [-0.3, -0.25) is 0 Å². The first-order chi connectivity index (χ1) is 6.72. The molecule has 0 atom stereocenters. The third-order valence-electron chi connectivity index (χ3n) is 1.42. The van der Waals surface area contributed by atoms with Crippen LogP contribution in [0.25, 0.3) is 0 Å². The third kappa shape index (κ3) is 3.98. The Hall–Kier alpha value is -0.740. The van der Waals surface area contributed by atoms with E-state index >= 15 is 0 Å². The molecule has 1 rings (SSSR count). The number of carbonyl (C=O) groups is 1. The van der Waals surface area contributed by atoms with Crippen molar-refractivity contribution in [3.63, 3.8) is 0 Å². The average molecular weight is 273 g/mol. The van der Waals surface area contributed by atoms with Crippen LogP contribution in [0.2, 0.25) is 0 Å². The van der Waals surface area contributed by atoms with Crippen LogP contribution in [0, 0.1) is 0 Å². The second-order valence-corrected chi connectivity index (χ2v) is 4.29. The summed E-state index contributed by atoms with van der Waals surface area (Å²) in [5.74, 6) is -0.338. The van der Waals surface area contributed by atoms with Gasteiger partial charge in [0.15, 0.2) is 0 Å². The molecule has 0 aromatic heterocycles. The molecule has 2 nitrogen and oxygen atoms in total. The number of halogens is 1. The molecule has 74 valence electrons. The zero-order chi connectivity index (χ0) is 10.4. The maximum Gasteiger partial charge on any atom is 0.330 e. The van der Waals surface area contributed by atoms with Crippen molar-refractivity contribution in [3.05, 3.63) is 40.2 Å². The molecular formula is C10H9BrO2S. The van der Waals surface area contributed by atoms with Crippen molar-refractivity contribution >= 4 is 33.7 Å². The lowest BCUT2D eigenvalue weighted by molar-refractivity contribution is -0.134. The standard InChI is InChI=1S/C10H9BrO2S/c1-13-10(12)6-7-14-9-4-2-8(11)3-5-9/h2-7H,1H3. The zero-order valence-electron chi connectivity index (χ0n) is 7.57. The number of esters is 1. The number of hydrogen-bond donors (Lipinski definition) is 0. The highest BCUT2D eigenvalue weighted by Gasteiger charge is 1.92. The molecule has 0 aliphatic rings. The van der Waals surface area contributed by atoms with Gasteiger partial charge in [0, 0.05) is 15.4 Å². The van der Waals surface area contributed by atoms with Gasteiger partial charge in [-0.05, 0) is 29.7 Å². The summed E-state index contributed by atoms with van der Waals surface area (Å²) in [6, 6.07) is 7.84. The highest BCUT2D eigenvalue weighted by atomic mass is 79.9. The lowest BCUT2D eigenvalue weighted by atomic mass is 10.4. The third-order valence-corrected chi connectivity index (χ3v) is 2.77. The Morgan fingerprint density at radius 1 is 1.43 bits per heavy atom. The number of benzene rings is 1. The normalized spacial score (nSPS) is 10.4. The van der Waals surface area contributed by atoms with E-state index in [0.29, 0.717) is 0 Å². The van der Waals surface area contributed by atoms with Crippen LogP contribution in [0.1, 0.15) is 0 Å². The summed E-state index contributed by atoms with van der Waals surface area (Å²) in [4.78, 5) is 11.8. The molecule has 0 radical (unpaired) electrons. The van der Waals surface area contributed by atoms with E-state index in [-0.39, 0.29) is 5.97 Å². The lowest BCUT2D eigenvalue weighted by Gasteiger charge is -1.95. The van der Waals surface area contributed by atoms with Crippen molar-refractivity contribution in [2.24, 2.45) is 0 Å². The Kier molecular flexibility index (Phi) is 4.76. The molecule has 0 fully saturated rings. The van der Waals surface area contributed by atoms with Gasteiger partial charge < -0.3 is 4.74 Å². The summed E-state index contributed by atoms with van der Waals surface area (Å²) < 4.78 is 5.50.